The Morgan fingerprint density at radius 1 is 0.974 bits per heavy atom. The van der Waals surface area contributed by atoms with Gasteiger partial charge < -0.3 is 14.2 Å². The van der Waals surface area contributed by atoms with Crippen LogP contribution in [0.15, 0.2) is 64.3 Å². The summed E-state index contributed by atoms with van der Waals surface area (Å²) in [5.74, 6) is -1.43. The van der Waals surface area contributed by atoms with Crippen LogP contribution in [0, 0.1) is 13.8 Å². The number of H-pyrrole nitrogens is 1. The molecule has 200 valence electrons. The topological polar surface area (TPSA) is 117 Å². The van der Waals surface area contributed by atoms with Gasteiger partial charge in [0.25, 0.3) is 5.56 Å². The van der Waals surface area contributed by atoms with E-state index in [2.05, 4.69) is 0 Å². The molecule has 1 aliphatic rings. The van der Waals surface area contributed by atoms with Crippen LogP contribution in [0.25, 0.3) is 0 Å². The number of carbonyl (C=O) groups is 2. The molecule has 12 heteroatoms. The van der Waals surface area contributed by atoms with E-state index in [-0.39, 0.29) is 17.5 Å². The van der Waals surface area contributed by atoms with Crippen LogP contribution in [0.2, 0.25) is 0 Å². The number of esters is 2. The summed E-state index contributed by atoms with van der Waals surface area (Å²) in [6, 6.07) is 13.0. The van der Waals surface area contributed by atoms with E-state index in [1.807, 2.05) is 13.8 Å². The Kier molecular flexibility index (Phi) is 7.53. The zero-order chi connectivity index (χ0) is 27.6. The fourth-order valence-corrected chi connectivity index (χ4v) is 3.87. The largest absolute Gasteiger partial charge is 0.459 e. The summed E-state index contributed by atoms with van der Waals surface area (Å²) >= 11 is 0. The van der Waals surface area contributed by atoms with Gasteiger partial charge in [0.05, 0.1) is 11.1 Å². The highest BCUT2D eigenvalue weighted by atomic mass is 19.4. The molecule has 1 saturated heterocycles. The van der Waals surface area contributed by atoms with Crippen molar-refractivity contribution in [1.29, 1.82) is 0 Å². The molecular formula is C26H23F3N2O7. The lowest BCUT2D eigenvalue weighted by Gasteiger charge is -2.19. The Morgan fingerprint density at radius 3 is 2.08 bits per heavy atom. The SMILES string of the molecule is Cc1ccc(C(=O)OC[C@H]2O[C@@H](n3cc(C(F)(F)F)c(=O)[nH]c3=O)C[C@@H]2OC(=O)c2ccc(C)cc2)cc1. The van der Waals surface area contributed by atoms with Crippen LogP contribution >= 0.6 is 0 Å². The molecule has 9 nitrogen and oxygen atoms in total. The Bertz CT molecular complexity index is 1440. The molecule has 0 unspecified atom stereocenters. The van der Waals surface area contributed by atoms with Gasteiger partial charge in [-0.2, -0.15) is 13.2 Å². The number of halogens is 3. The average Bonchev–Trinajstić information content (AvgIpc) is 3.24. The molecule has 0 spiro atoms. The molecule has 2 aromatic carbocycles. The first-order chi connectivity index (χ1) is 17.9. The highest BCUT2D eigenvalue weighted by molar-refractivity contribution is 5.90. The summed E-state index contributed by atoms with van der Waals surface area (Å²) in [5, 5.41) is 0. The third-order valence-corrected chi connectivity index (χ3v) is 5.98. The number of aromatic nitrogens is 2. The van der Waals surface area contributed by atoms with E-state index in [0.29, 0.717) is 10.8 Å². The Labute approximate surface area is 213 Å². The van der Waals surface area contributed by atoms with Crippen molar-refractivity contribution in [3.05, 3.63) is 103 Å². The van der Waals surface area contributed by atoms with Gasteiger partial charge in [-0.15, -0.1) is 0 Å². The monoisotopic (exact) mass is 532 g/mol. The van der Waals surface area contributed by atoms with Gasteiger partial charge in [-0.3, -0.25) is 14.3 Å². The molecule has 3 atom stereocenters. The van der Waals surface area contributed by atoms with Crippen molar-refractivity contribution in [2.75, 3.05) is 6.61 Å². The number of benzene rings is 2. The normalized spacial score (nSPS) is 19.2. The number of alkyl halides is 3. The van der Waals surface area contributed by atoms with Crippen molar-refractivity contribution >= 4 is 11.9 Å². The maximum Gasteiger partial charge on any atom is 0.423 e. The first-order valence-corrected chi connectivity index (χ1v) is 11.5. The van der Waals surface area contributed by atoms with Gasteiger partial charge in [-0.05, 0) is 38.1 Å². The molecule has 1 aromatic heterocycles. The molecular weight excluding hydrogens is 509 g/mol. The van der Waals surface area contributed by atoms with Gasteiger partial charge in [-0.1, -0.05) is 35.4 Å². The summed E-state index contributed by atoms with van der Waals surface area (Å²) in [6.07, 6.45) is -8.47. The Hall–Kier alpha value is -4.19. The number of aryl methyl sites for hydroxylation is 2. The number of nitrogens with zero attached hydrogens (tertiary/aromatic N) is 1. The summed E-state index contributed by atoms with van der Waals surface area (Å²) in [5.41, 5.74) is -2.03. The number of ether oxygens (including phenoxy) is 3. The van der Waals surface area contributed by atoms with Gasteiger partial charge in [0.15, 0.2) is 0 Å². The van der Waals surface area contributed by atoms with Gasteiger partial charge in [-0.25, -0.2) is 14.4 Å². The fourth-order valence-electron chi connectivity index (χ4n) is 3.87. The number of hydrogen-bond donors (Lipinski definition) is 1. The van der Waals surface area contributed by atoms with E-state index in [1.54, 1.807) is 53.5 Å². The molecule has 4 rings (SSSR count). The van der Waals surface area contributed by atoms with Crippen LogP contribution in [-0.4, -0.2) is 40.3 Å². The van der Waals surface area contributed by atoms with Crippen molar-refractivity contribution in [1.82, 2.24) is 9.55 Å². The summed E-state index contributed by atoms with van der Waals surface area (Å²) in [6.45, 7) is 3.26. The smallest absolute Gasteiger partial charge is 0.423 e. The van der Waals surface area contributed by atoms with Crippen LogP contribution < -0.4 is 11.2 Å². The van der Waals surface area contributed by atoms with E-state index in [4.69, 9.17) is 14.2 Å². The van der Waals surface area contributed by atoms with E-state index >= 15 is 0 Å². The van der Waals surface area contributed by atoms with Crippen molar-refractivity contribution < 1.29 is 37.0 Å². The maximum absolute atomic E-state index is 13.3. The molecule has 0 saturated carbocycles. The first kappa shape index (κ1) is 26.9. The van der Waals surface area contributed by atoms with Crippen molar-refractivity contribution in [3.8, 4) is 0 Å². The fraction of sp³-hybridized carbons (Fsp3) is 0.308. The molecule has 38 heavy (non-hydrogen) atoms. The molecule has 1 N–H and O–H groups in total. The third-order valence-electron chi connectivity index (χ3n) is 5.98. The molecule has 0 aliphatic carbocycles. The zero-order valence-electron chi connectivity index (χ0n) is 20.3. The lowest BCUT2D eigenvalue weighted by atomic mass is 10.1. The van der Waals surface area contributed by atoms with Crippen LogP contribution in [-0.2, 0) is 20.4 Å². The van der Waals surface area contributed by atoms with Crippen molar-refractivity contribution in [3.63, 3.8) is 0 Å². The zero-order valence-corrected chi connectivity index (χ0v) is 20.3. The van der Waals surface area contributed by atoms with Gasteiger partial charge in [0.2, 0.25) is 0 Å². The number of rotatable bonds is 6. The minimum atomic E-state index is -5.03. The number of aromatic amines is 1. The second kappa shape index (κ2) is 10.7. The lowest BCUT2D eigenvalue weighted by molar-refractivity contribution is -0.139. The number of carbonyl (C=O) groups excluding carboxylic acids is 2. The van der Waals surface area contributed by atoms with Gasteiger partial charge in [0, 0.05) is 12.6 Å². The molecule has 0 bridgehead atoms. The molecule has 0 radical (unpaired) electrons. The Morgan fingerprint density at radius 2 is 1.53 bits per heavy atom. The average molecular weight is 532 g/mol. The van der Waals surface area contributed by atoms with E-state index in [1.165, 1.54) is 0 Å². The Balaban J connectivity index is 1.58. The van der Waals surface area contributed by atoms with E-state index < -0.39 is 60.0 Å². The first-order valence-electron chi connectivity index (χ1n) is 11.5. The second-order valence-corrected chi connectivity index (χ2v) is 8.85. The maximum atomic E-state index is 13.3. The molecule has 0 amide bonds. The predicted molar refractivity (Wildman–Crippen MR) is 127 cm³/mol. The second-order valence-electron chi connectivity index (χ2n) is 8.85. The number of hydrogen-bond acceptors (Lipinski definition) is 7. The van der Waals surface area contributed by atoms with E-state index in [0.717, 1.165) is 11.1 Å². The van der Waals surface area contributed by atoms with Crippen LogP contribution in [0.4, 0.5) is 13.2 Å². The third kappa shape index (κ3) is 6.02. The van der Waals surface area contributed by atoms with Crippen LogP contribution in [0.3, 0.4) is 0 Å². The van der Waals surface area contributed by atoms with Crippen LogP contribution in [0.1, 0.15) is 50.1 Å². The molecule has 1 aliphatic heterocycles. The molecule has 1 fully saturated rings. The quantitative estimate of drug-likeness (QED) is 0.483. The lowest BCUT2D eigenvalue weighted by Crippen LogP contribution is -2.36. The van der Waals surface area contributed by atoms with Gasteiger partial charge in [0.1, 0.15) is 30.6 Å². The standard InChI is InChI=1S/C26H23F3N2O7/c1-14-3-7-16(8-4-14)23(33)36-13-20-19(38-24(34)17-9-5-15(2)6-10-17)11-21(37-20)31-12-18(26(27,28)29)22(32)30-25(31)35/h3-10,12,19-21H,11,13H2,1-2H3,(H,30,32,35)/t19-,20+,21+/m0/s1. The molecule has 2 heterocycles. The van der Waals surface area contributed by atoms with Crippen molar-refractivity contribution in [2.45, 2.75) is 44.9 Å². The van der Waals surface area contributed by atoms with Crippen molar-refractivity contribution in [2.24, 2.45) is 0 Å². The van der Waals surface area contributed by atoms with Gasteiger partial charge >= 0.3 is 23.8 Å². The summed E-state index contributed by atoms with van der Waals surface area (Å²) in [7, 11) is 0. The highest BCUT2D eigenvalue weighted by Gasteiger charge is 2.42. The summed E-state index contributed by atoms with van der Waals surface area (Å²) in [4.78, 5) is 50.9. The van der Waals surface area contributed by atoms with Crippen LogP contribution in [0.5, 0.6) is 0 Å². The minimum Gasteiger partial charge on any atom is -0.459 e. The molecule has 3 aromatic rings. The van der Waals surface area contributed by atoms with E-state index in [9.17, 15) is 32.3 Å². The highest BCUT2D eigenvalue weighted by Crippen LogP contribution is 2.32. The summed E-state index contributed by atoms with van der Waals surface area (Å²) < 4.78 is 57.0. The minimum absolute atomic E-state index is 0.218. The predicted octanol–water partition coefficient (Wildman–Crippen LogP) is 3.54. The number of nitrogens with one attached hydrogen (secondary N) is 1.